The number of ether oxygens (including phenoxy) is 3. The number of carbonyl (C=O) groups is 1. The summed E-state index contributed by atoms with van der Waals surface area (Å²) in [6.07, 6.45) is -15.0. The highest BCUT2D eigenvalue weighted by Gasteiger charge is 2.44. The molecule has 7 nitrogen and oxygen atoms in total. The van der Waals surface area contributed by atoms with Gasteiger partial charge in [0.2, 0.25) is 0 Å². The van der Waals surface area contributed by atoms with Crippen molar-refractivity contribution >= 4 is 11.8 Å². The minimum absolute atomic E-state index is 0.0618. The molecule has 0 fully saturated rings. The van der Waals surface area contributed by atoms with Crippen LogP contribution in [0.25, 0.3) is 11.1 Å². The van der Waals surface area contributed by atoms with Gasteiger partial charge in [0.05, 0.1) is 11.7 Å². The topological polar surface area (TPSA) is 80.3 Å². The van der Waals surface area contributed by atoms with Crippen molar-refractivity contribution in [1.29, 1.82) is 0 Å². The van der Waals surface area contributed by atoms with Crippen LogP contribution in [0.4, 0.5) is 41.2 Å². The van der Waals surface area contributed by atoms with Crippen molar-refractivity contribution < 1.29 is 54.8 Å². The number of nitrogens with zero attached hydrogens (tertiary/aromatic N) is 1. The van der Waals surface area contributed by atoms with E-state index in [1.165, 1.54) is 24.3 Å². The van der Waals surface area contributed by atoms with Crippen LogP contribution in [0, 0.1) is 0 Å². The summed E-state index contributed by atoms with van der Waals surface area (Å²) < 4.78 is 105. The van der Waals surface area contributed by atoms with Crippen molar-refractivity contribution in [2.24, 2.45) is 0 Å². The van der Waals surface area contributed by atoms with Crippen LogP contribution in [0.2, 0.25) is 0 Å². The van der Waals surface area contributed by atoms with Gasteiger partial charge in [0.15, 0.2) is 5.75 Å². The predicted octanol–water partition coefficient (Wildman–Crippen LogP) is 6.70. The molecule has 1 unspecified atom stereocenters. The Hall–Kier alpha value is -4.36. The SMILES string of the molecule is O=C(O)NCCN1c2cccc(-c3cccc(OC(F)(F)F)c3)c2OCC1c1cccc(OC(F)(F)C(F)F)c1. The first kappa shape index (κ1) is 28.6. The number of rotatable bonds is 9. The highest BCUT2D eigenvalue weighted by atomic mass is 19.4. The standard InChI is InChI=1S/C26H21F7N2O5/c27-23(28)25(29,30)39-17-6-2-5-16(13-17)21-14-38-22-19(15-4-1-7-18(12-15)40-26(31,32)33)8-3-9-20(22)35(21)11-10-34-24(36)37/h1-9,12-13,21,23,34H,10-11,14H2,(H,36,37). The van der Waals surface area contributed by atoms with Crippen LogP contribution in [0.15, 0.2) is 66.7 Å². The van der Waals surface area contributed by atoms with Gasteiger partial charge < -0.3 is 29.5 Å². The molecule has 0 saturated heterocycles. The van der Waals surface area contributed by atoms with E-state index in [0.717, 1.165) is 18.2 Å². The summed E-state index contributed by atoms with van der Waals surface area (Å²) in [7, 11) is 0. The molecule has 1 atom stereocenters. The minimum atomic E-state index is -4.90. The fourth-order valence-electron chi connectivity index (χ4n) is 4.23. The van der Waals surface area contributed by atoms with Gasteiger partial charge in [-0.3, -0.25) is 0 Å². The van der Waals surface area contributed by atoms with E-state index in [9.17, 15) is 35.5 Å². The van der Waals surface area contributed by atoms with E-state index in [1.54, 1.807) is 29.2 Å². The molecule has 40 heavy (non-hydrogen) atoms. The second-order valence-corrected chi connectivity index (χ2v) is 8.52. The fraction of sp³-hybridized carbons (Fsp3) is 0.269. The number of benzene rings is 3. The van der Waals surface area contributed by atoms with E-state index in [0.29, 0.717) is 22.4 Å². The molecule has 0 aliphatic carbocycles. The molecule has 1 amide bonds. The molecular weight excluding hydrogens is 553 g/mol. The maximum atomic E-state index is 13.5. The van der Waals surface area contributed by atoms with Crippen molar-refractivity contribution in [3.05, 3.63) is 72.3 Å². The molecule has 14 heteroatoms. The van der Waals surface area contributed by atoms with Crippen LogP contribution in [-0.2, 0) is 0 Å². The van der Waals surface area contributed by atoms with Crippen LogP contribution in [0.1, 0.15) is 11.6 Å². The Morgan fingerprint density at radius 3 is 2.35 bits per heavy atom. The van der Waals surface area contributed by atoms with Crippen LogP contribution in [-0.4, -0.2) is 49.8 Å². The van der Waals surface area contributed by atoms with E-state index >= 15 is 0 Å². The average Bonchev–Trinajstić information content (AvgIpc) is 2.87. The number of alkyl halides is 7. The molecule has 1 heterocycles. The number of carboxylic acid groups (broad SMARTS) is 1. The van der Waals surface area contributed by atoms with Crippen LogP contribution < -0.4 is 24.4 Å². The lowest BCUT2D eigenvalue weighted by atomic mass is 9.98. The first-order valence-corrected chi connectivity index (χ1v) is 11.6. The van der Waals surface area contributed by atoms with E-state index in [2.05, 4.69) is 14.8 Å². The smallest absolute Gasteiger partial charge is 0.488 e. The Morgan fingerprint density at radius 1 is 1.00 bits per heavy atom. The zero-order valence-corrected chi connectivity index (χ0v) is 20.3. The van der Waals surface area contributed by atoms with Gasteiger partial charge in [0, 0.05) is 18.7 Å². The van der Waals surface area contributed by atoms with Gasteiger partial charge in [-0.2, -0.15) is 17.6 Å². The summed E-state index contributed by atoms with van der Waals surface area (Å²) in [5.41, 5.74) is 1.51. The zero-order chi connectivity index (χ0) is 29.1. The van der Waals surface area contributed by atoms with E-state index < -0.39 is 42.5 Å². The Balaban J connectivity index is 1.71. The number of anilines is 1. The minimum Gasteiger partial charge on any atom is -0.488 e. The molecule has 0 aromatic heterocycles. The summed E-state index contributed by atoms with van der Waals surface area (Å²) in [5, 5.41) is 11.2. The molecule has 2 N–H and O–H groups in total. The molecule has 3 aromatic carbocycles. The zero-order valence-electron chi connectivity index (χ0n) is 20.3. The number of hydrogen-bond acceptors (Lipinski definition) is 5. The molecular formula is C26H21F7N2O5. The lowest BCUT2D eigenvalue weighted by Crippen LogP contribution is -2.41. The third kappa shape index (κ3) is 6.79. The van der Waals surface area contributed by atoms with Gasteiger partial charge >= 0.3 is 25.0 Å². The summed E-state index contributed by atoms with van der Waals surface area (Å²) in [6.45, 7) is -0.110. The summed E-state index contributed by atoms with van der Waals surface area (Å²) in [6, 6.07) is 14.5. The molecule has 0 spiro atoms. The summed E-state index contributed by atoms with van der Waals surface area (Å²) >= 11 is 0. The molecule has 0 bridgehead atoms. The first-order chi connectivity index (χ1) is 18.8. The van der Waals surface area contributed by atoms with Crippen LogP contribution in [0.3, 0.4) is 0 Å². The number of fused-ring (bicyclic) bond motifs is 1. The third-order valence-electron chi connectivity index (χ3n) is 5.82. The molecule has 0 saturated carbocycles. The highest BCUT2D eigenvalue weighted by molar-refractivity contribution is 5.80. The molecule has 0 radical (unpaired) electrons. The summed E-state index contributed by atoms with van der Waals surface area (Å²) in [5.74, 6) is -0.696. The van der Waals surface area contributed by atoms with Crippen LogP contribution >= 0.6 is 0 Å². The lowest BCUT2D eigenvalue weighted by molar-refractivity contribution is -0.274. The molecule has 214 valence electrons. The van der Waals surface area contributed by atoms with Gasteiger partial charge in [0.1, 0.15) is 18.1 Å². The molecule has 4 rings (SSSR count). The normalized spacial score (nSPS) is 15.3. The maximum Gasteiger partial charge on any atom is 0.573 e. The van der Waals surface area contributed by atoms with Gasteiger partial charge in [-0.15, -0.1) is 13.2 Å². The number of halogens is 7. The van der Waals surface area contributed by atoms with Gasteiger partial charge in [-0.05, 0) is 41.5 Å². The van der Waals surface area contributed by atoms with Gasteiger partial charge in [-0.1, -0.05) is 36.4 Å². The first-order valence-electron chi connectivity index (χ1n) is 11.6. The predicted molar refractivity (Wildman–Crippen MR) is 128 cm³/mol. The van der Waals surface area contributed by atoms with Crippen molar-refractivity contribution in [3.63, 3.8) is 0 Å². The number of para-hydroxylation sites is 1. The Morgan fingerprint density at radius 2 is 1.68 bits per heavy atom. The number of nitrogens with one attached hydrogen (secondary N) is 1. The Bertz CT molecular complexity index is 1350. The van der Waals surface area contributed by atoms with Gasteiger partial charge in [0.25, 0.3) is 0 Å². The molecule has 1 aliphatic heterocycles. The van der Waals surface area contributed by atoms with Gasteiger partial charge in [-0.25, -0.2) is 4.79 Å². The second-order valence-electron chi connectivity index (χ2n) is 8.52. The molecule has 3 aromatic rings. The Kier molecular flexibility index (Phi) is 8.16. The van der Waals surface area contributed by atoms with E-state index in [4.69, 9.17) is 9.84 Å². The fourth-order valence-corrected chi connectivity index (χ4v) is 4.23. The largest absolute Gasteiger partial charge is 0.573 e. The third-order valence-corrected chi connectivity index (χ3v) is 5.82. The summed E-state index contributed by atoms with van der Waals surface area (Å²) in [4.78, 5) is 12.8. The van der Waals surface area contributed by atoms with E-state index in [1.807, 2.05) is 0 Å². The molecule has 1 aliphatic rings. The maximum absolute atomic E-state index is 13.5. The quantitative estimate of drug-likeness (QED) is 0.277. The number of hydrogen-bond donors (Lipinski definition) is 2. The van der Waals surface area contributed by atoms with Crippen molar-refractivity contribution in [1.82, 2.24) is 5.32 Å². The van der Waals surface area contributed by atoms with Crippen molar-refractivity contribution in [2.45, 2.75) is 24.9 Å². The van der Waals surface area contributed by atoms with Crippen molar-refractivity contribution in [3.8, 4) is 28.4 Å². The van der Waals surface area contributed by atoms with E-state index in [-0.39, 0.29) is 25.4 Å². The van der Waals surface area contributed by atoms with Crippen LogP contribution in [0.5, 0.6) is 17.2 Å². The van der Waals surface area contributed by atoms with Crippen molar-refractivity contribution in [2.75, 3.05) is 24.6 Å². The highest BCUT2D eigenvalue weighted by Crippen LogP contribution is 2.46. The monoisotopic (exact) mass is 574 g/mol. The Labute approximate surface area is 222 Å². The second kappa shape index (κ2) is 11.4. The number of amides is 1. The average molecular weight is 574 g/mol. The lowest BCUT2D eigenvalue weighted by Gasteiger charge is -2.39.